The fraction of sp³-hybridized carbons (Fsp3) is 0.0667. The zero-order chi connectivity index (χ0) is 14.5. The summed E-state index contributed by atoms with van der Waals surface area (Å²) in [5.74, 6) is -0.840. The second-order valence-electron chi connectivity index (χ2n) is 4.08. The van der Waals surface area contributed by atoms with Gasteiger partial charge in [0.1, 0.15) is 5.92 Å². The van der Waals surface area contributed by atoms with Gasteiger partial charge in [0.05, 0.1) is 28.2 Å². The van der Waals surface area contributed by atoms with Crippen LogP contribution in [0.4, 0.5) is 5.69 Å². The molecule has 0 radical (unpaired) electrons. The number of nitriles is 2. The van der Waals surface area contributed by atoms with E-state index in [4.69, 9.17) is 5.26 Å². The molecule has 5 nitrogen and oxygen atoms in total. The molecular formula is C15H9N3O2. The van der Waals surface area contributed by atoms with Crippen LogP contribution in [-0.2, 0) is 0 Å². The van der Waals surface area contributed by atoms with E-state index >= 15 is 0 Å². The topological polar surface area (TPSA) is 90.7 Å². The Kier molecular flexibility index (Phi) is 3.74. The van der Waals surface area contributed by atoms with Crippen LogP contribution in [0.5, 0.6) is 0 Å². The van der Waals surface area contributed by atoms with E-state index in [-0.39, 0.29) is 5.69 Å². The average Bonchev–Trinajstić information content (AvgIpc) is 2.49. The summed E-state index contributed by atoms with van der Waals surface area (Å²) in [6.45, 7) is 0. The molecule has 0 heterocycles. The Bertz CT molecular complexity index is 741. The molecule has 0 bridgehead atoms. The summed E-state index contributed by atoms with van der Waals surface area (Å²) in [6.07, 6.45) is 0. The van der Waals surface area contributed by atoms with Crippen LogP contribution < -0.4 is 0 Å². The third-order valence-electron chi connectivity index (χ3n) is 2.97. The van der Waals surface area contributed by atoms with E-state index in [2.05, 4.69) is 0 Å². The number of benzene rings is 2. The summed E-state index contributed by atoms with van der Waals surface area (Å²) in [6, 6.07) is 16.8. The lowest BCUT2D eigenvalue weighted by molar-refractivity contribution is -0.385. The third-order valence-corrected chi connectivity index (χ3v) is 2.97. The standard InChI is InChI=1S/C15H9N3O2/c16-9-11-5-1-2-6-12(11)14(10-17)13-7-3-4-8-15(13)18(19)20/h1-8,14H. The maximum Gasteiger partial charge on any atom is 0.274 e. The molecule has 0 N–H and O–H groups in total. The van der Waals surface area contributed by atoms with Gasteiger partial charge in [-0.15, -0.1) is 0 Å². The lowest BCUT2D eigenvalue weighted by Gasteiger charge is -2.11. The van der Waals surface area contributed by atoms with Crippen LogP contribution in [0.3, 0.4) is 0 Å². The fourth-order valence-electron chi connectivity index (χ4n) is 2.06. The molecule has 0 aliphatic rings. The van der Waals surface area contributed by atoms with Gasteiger partial charge in [-0.3, -0.25) is 10.1 Å². The van der Waals surface area contributed by atoms with Crippen molar-refractivity contribution in [3.05, 3.63) is 75.3 Å². The summed E-state index contributed by atoms with van der Waals surface area (Å²) in [5, 5.41) is 29.5. The van der Waals surface area contributed by atoms with Crippen molar-refractivity contribution in [2.75, 3.05) is 0 Å². The molecule has 96 valence electrons. The van der Waals surface area contributed by atoms with Gasteiger partial charge in [-0.1, -0.05) is 36.4 Å². The van der Waals surface area contributed by atoms with Crippen molar-refractivity contribution >= 4 is 5.69 Å². The van der Waals surface area contributed by atoms with Crippen LogP contribution in [-0.4, -0.2) is 4.92 Å². The smallest absolute Gasteiger partial charge is 0.258 e. The van der Waals surface area contributed by atoms with Gasteiger partial charge in [0, 0.05) is 6.07 Å². The first-order chi connectivity index (χ1) is 9.69. The highest BCUT2D eigenvalue weighted by atomic mass is 16.6. The summed E-state index contributed by atoms with van der Waals surface area (Å²) in [4.78, 5) is 10.5. The summed E-state index contributed by atoms with van der Waals surface area (Å²) in [5.41, 5.74) is 0.999. The molecule has 2 rings (SSSR count). The Hall–Kier alpha value is -3.18. The maximum atomic E-state index is 11.1. The zero-order valence-corrected chi connectivity index (χ0v) is 10.4. The number of hydrogen-bond donors (Lipinski definition) is 0. The van der Waals surface area contributed by atoms with Gasteiger partial charge in [0.25, 0.3) is 5.69 Å². The van der Waals surface area contributed by atoms with Crippen LogP contribution in [0, 0.1) is 32.8 Å². The largest absolute Gasteiger partial charge is 0.274 e. The van der Waals surface area contributed by atoms with Gasteiger partial charge in [0.15, 0.2) is 0 Å². The van der Waals surface area contributed by atoms with E-state index in [9.17, 15) is 15.4 Å². The number of hydrogen-bond acceptors (Lipinski definition) is 4. The average molecular weight is 263 g/mol. The second kappa shape index (κ2) is 5.64. The van der Waals surface area contributed by atoms with Crippen molar-refractivity contribution in [1.82, 2.24) is 0 Å². The number of nitro benzene ring substituents is 1. The monoisotopic (exact) mass is 263 g/mol. The predicted molar refractivity (Wildman–Crippen MR) is 71.7 cm³/mol. The zero-order valence-electron chi connectivity index (χ0n) is 10.4. The number of nitro groups is 1. The van der Waals surface area contributed by atoms with Crippen LogP contribution in [0.2, 0.25) is 0 Å². The molecule has 2 aromatic carbocycles. The maximum absolute atomic E-state index is 11.1. The van der Waals surface area contributed by atoms with Gasteiger partial charge >= 0.3 is 0 Å². The molecule has 0 aromatic heterocycles. The van der Waals surface area contributed by atoms with Gasteiger partial charge in [-0.05, 0) is 11.6 Å². The molecule has 20 heavy (non-hydrogen) atoms. The van der Waals surface area contributed by atoms with E-state index in [1.54, 1.807) is 42.5 Å². The quantitative estimate of drug-likeness (QED) is 0.628. The van der Waals surface area contributed by atoms with Crippen LogP contribution >= 0.6 is 0 Å². The fourth-order valence-corrected chi connectivity index (χ4v) is 2.06. The second-order valence-corrected chi connectivity index (χ2v) is 4.08. The van der Waals surface area contributed by atoms with Gasteiger partial charge in [-0.25, -0.2) is 0 Å². The van der Waals surface area contributed by atoms with Gasteiger partial charge in [0.2, 0.25) is 0 Å². The Balaban J connectivity index is 2.64. The Morgan fingerprint density at radius 2 is 1.60 bits per heavy atom. The summed E-state index contributed by atoms with van der Waals surface area (Å²) in [7, 11) is 0. The van der Waals surface area contributed by atoms with Gasteiger partial charge in [-0.2, -0.15) is 10.5 Å². The molecule has 5 heteroatoms. The van der Waals surface area contributed by atoms with Crippen LogP contribution in [0.25, 0.3) is 0 Å². The molecule has 0 saturated heterocycles. The predicted octanol–water partition coefficient (Wildman–Crippen LogP) is 3.12. The molecular weight excluding hydrogens is 254 g/mol. The first kappa shape index (κ1) is 13.3. The molecule has 0 fully saturated rings. The Labute approximate surface area is 115 Å². The van der Waals surface area contributed by atoms with Crippen molar-refractivity contribution < 1.29 is 4.92 Å². The molecule has 2 aromatic rings. The van der Waals surface area contributed by atoms with Crippen molar-refractivity contribution in [3.63, 3.8) is 0 Å². The van der Waals surface area contributed by atoms with E-state index < -0.39 is 10.8 Å². The minimum atomic E-state index is -0.840. The number of para-hydroxylation sites is 1. The Morgan fingerprint density at radius 3 is 2.20 bits per heavy atom. The first-order valence-corrected chi connectivity index (χ1v) is 5.81. The van der Waals surface area contributed by atoms with E-state index in [0.717, 1.165) is 0 Å². The number of nitrogens with zero attached hydrogens (tertiary/aromatic N) is 3. The molecule has 1 atom stereocenters. The lowest BCUT2D eigenvalue weighted by Crippen LogP contribution is -2.04. The summed E-state index contributed by atoms with van der Waals surface area (Å²) < 4.78 is 0. The molecule has 0 aliphatic heterocycles. The summed E-state index contributed by atoms with van der Waals surface area (Å²) >= 11 is 0. The highest BCUT2D eigenvalue weighted by molar-refractivity contribution is 5.53. The van der Waals surface area contributed by atoms with E-state index in [1.807, 2.05) is 12.1 Å². The van der Waals surface area contributed by atoms with Crippen LogP contribution in [0.15, 0.2) is 48.5 Å². The highest BCUT2D eigenvalue weighted by Crippen LogP contribution is 2.32. The normalized spacial score (nSPS) is 11.1. The molecule has 1 unspecified atom stereocenters. The Morgan fingerprint density at radius 1 is 1.00 bits per heavy atom. The van der Waals surface area contributed by atoms with Crippen molar-refractivity contribution in [2.45, 2.75) is 5.92 Å². The highest BCUT2D eigenvalue weighted by Gasteiger charge is 2.24. The number of rotatable bonds is 3. The van der Waals surface area contributed by atoms with E-state index in [1.165, 1.54) is 6.07 Å². The SMILES string of the molecule is N#Cc1ccccc1C(C#N)c1ccccc1[N+](=O)[O-]. The first-order valence-electron chi connectivity index (χ1n) is 5.81. The van der Waals surface area contributed by atoms with Crippen molar-refractivity contribution in [2.24, 2.45) is 0 Å². The van der Waals surface area contributed by atoms with Crippen molar-refractivity contribution in [1.29, 1.82) is 10.5 Å². The molecule has 0 spiro atoms. The van der Waals surface area contributed by atoms with Gasteiger partial charge < -0.3 is 0 Å². The van der Waals surface area contributed by atoms with Crippen molar-refractivity contribution in [3.8, 4) is 12.1 Å². The van der Waals surface area contributed by atoms with E-state index in [0.29, 0.717) is 16.7 Å². The lowest BCUT2D eigenvalue weighted by atomic mass is 9.88. The minimum absolute atomic E-state index is 0.119. The molecule has 0 amide bonds. The van der Waals surface area contributed by atoms with Crippen LogP contribution in [0.1, 0.15) is 22.6 Å². The third kappa shape index (κ3) is 2.33. The minimum Gasteiger partial charge on any atom is -0.258 e. The molecule has 0 saturated carbocycles. The molecule has 0 aliphatic carbocycles.